The largest absolute Gasteiger partial charge is 0.326 e. The van der Waals surface area contributed by atoms with Crippen molar-refractivity contribution in [3.63, 3.8) is 0 Å². The van der Waals surface area contributed by atoms with Crippen LogP contribution >= 0.6 is 0 Å². The van der Waals surface area contributed by atoms with Crippen LogP contribution in [0.25, 0.3) is 0 Å². The van der Waals surface area contributed by atoms with E-state index in [-0.39, 0.29) is 0 Å². The molecule has 1 atom stereocenters. The average molecular weight is 112 g/mol. The first-order valence-corrected chi connectivity index (χ1v) is 3.01. The lowest BCUT2D eigenvalue weighted by molar-refractivity contribution is 0.622. The molecule has 0 saturated carbocycles. The Bertz CT molecular complexity index is 88.5. The molecule has 0 fully saturated rings. The lowest BCUT2D eigenvalue weighted by Gasteiger charge is -2.04. The van der Waals surface area contributed by atoms with Crippen molar-refractivity contribution in [3.05, 3.63) is 12.2 Å². The molecule has 1 heterocycles. The maximum absolute atomic E-state index is 5.62. The van der Waals surface area contributed by atoms with Crippen LogP contribution in [0.1, 0.15) is 6.42 Å². The first-order chi connectivity index (χ1) is 3.89. The van der Waals surface area contributed by atoms with Crippen molar-refractivity contribution >= 4 is 0 Å². The Morgan fingerprint density at radius 2 is 2.38 bits per heavy atom. The molecule has 2 heteroatoms. The Labute approximate surface area is 49.8 Å². The summed E-state index contributed by atoms with van der Waals surface area (Å²) in [6.45, 7) is 1.93. The number of nitrogens with two attached hydrogens (primary N) is 1. The third-order valence-electron chi connectivity index (χ3n) is 1.27. The van der Waals surface area contributed by atoms with Gasteiger partial charge in [-0.1, -0.05) is 12.2 Å². The van der Waals surface area contributed by atoms with Crippen LogP contribution in [-0.4, -0.2) is 19.1 Å². The van der Waals surface area contributed by atoms with Gasteiger partial charge in [0, 0.05) is 19.1 Å². The molecule has 0 radical (unpaired) electrons. The predicted octanol–water partition coefficient (Wildman–Crippen LogP) is -0.137. The van der Waals surface area contributed by atoms with Gasteiger partial charge in [-0.25, -0.2) is 0 Å². The zero-order valence-electron chi connectivity index (χ0n) is 4.93. The van der Waals surface area contributed by atoms with Gasteiger partial charge in [-0.05, 0) is 6.42 Å². The fourth-order valence-corrected chi connectivity index (χ4v) is 0.790. The molecular formula is C6H12N2. The second-order valence-corrected chi connectivity index (χ2v) is 2.13. The van der Waals surface area contributed by atoms with E-state index in [0.29, 0.717) is 6.04 Å². The van der Waals surface area contributed by atoms with Crippen molar-refractivity contribution in [2.75, 3.05) is 13.1 Å². The highest BCUT2D eigenvalue weighted by atomic mass is 14.9. The summed E-state index contributed by atoms with van der Waals surface area (Å²) in [5.41, 5.74) is 5.62. The summed E-state index contributed by atoms with van der Waals surface area (Å²) < 4.78 is 0. The molecule has 0 spiro atoms. The third kappa shape index (κ3) is 1.64. The molecule has 1 rings (SSSR count). The van der Waals surface area contributed by atoms with Gasteiger partial charge in [-0.2, -0.15) is 0 Å². The van der Waals surface area contributed by atoms with Gasteiger partial charge < -0.3 is 11.1 Å². The average Bonchev–Trinajstić information content (AvgIpc) is 1.94. The second kappa shape index (κ2) is 2.84. The number of hydrogen-bond acceptors (Lipinski definition) is 2. The molecule has 3 N–H and O–H groups in total. The summed E-state index contributed by atoms with van der Waals surface area (Å²) in [5, 5.41) is 3.19. The maximum Gasteiger partial charge on any atom is 0.0200 e. The molecule has 1 unspecified atom stereocenters. The van der Waals surface area contributed by atoms with Gasteiger partial charge in [-0.15, -0.1) is 0 Å². The van der Waals surface area contributed by atoms with Crippen LogP contribution in [0.3, 0.4) is 0 Å². The molecule has 1 aliphatic rings. The van der Waals surface area contributed by atoms with Crippen molar-refractivity contribution in [2.45, 2.75) is 12.5 Å². The van der Waals surface area contributed by atoms with Crippen LogP contribution < -0.4 is 11.1 Å². The first-order valence-electron chi connectivity index (χ1n) is 3.01. The second-order valence-electron chi connectivity index (χ2n) is 2.13. The van der Waals surface area contributed by atoms with Gasteiger partial charge in [0.05, 0.1) is 0 Å². The SMILES string of the molecule is NC1CC=CCNC1. The van der Waals surface area contributed by atoms with Gasteiger partial charge in [0.25, 0.3) is 0 Å². The quantitative estimate of drug-likeness (QED) is 0.428. The number of nitrogens with one attached hydrogen (secondary N) is 1. The summed E-state index contributed by atoms with van der Waals surface area (Å²) >= 11 is 0. The highest BCUT2D eigenvalue weighted by Gasteiger charge is 1.99. The van der Waals surface area contributed by atoms with E-state index in [1.807, 2.05) is 0 Å². The standard InChI is InChI=1S/C6H12N2/c7-6-3-1-2-4-8-5-6/h1-2,6,8H,3-5,7H2. The Balaban J connectivity index is 2.30. The highest BCUT2D eigenvalue weighted by molar-refractivity contribution is 4.91. The molecule has 1 aliphatic heterocycles. The fourth-order valence-electron chi connectivity index (χ4n) is 0.790. The molecule has 0 bridgehead atoms. The third-order valence-corrected chi connectivity index (χ3v) is 1.27. The van der Waals surface area contributed by atoms with E-state index >= 15 is 0 Å². The molecule has 8 heavy (non-hydrogen) atoms. The number of rotatable bonds is 0. The fraction of sp³-hybridized carbons (Fsp3) is 0.667. The molecule has 0 saturated heterocycles. The van der Waals surface area contributed by atoms with Gasteiger partial charge in [0.1, 0.15) is 0 Å². The summed E-state index contributed by atoms with van der Waals surface area (Å²) in [6.07, 6.45) is 5.27. The van der Waals surface area contributed by atoms with E-state index in [1.54, 1.807) is 0 Å². The zero-order chi connectivity index (χ0) is 5.82. The van der Waals surface area contributed by atoms with Crippen LogP contribution in [0.2, 0.25) is 0 Å². The normalized spacial score (nSPS) is 29.9. The van der Waals surface area contributed by atoms with Crippen LogP contribution in [0.5, 0.6) is 0 Å². The Morgan fingerprint density at radius 1 is 1.50 bits per heavy atom. The minimum atomic E-state index is 0.328. The topological polar surface area (TPSA) is 38.0 Å². The number of hydrogen-bond donors (Lipinski definition) is 2. The highest BCUT2D eigenvalue weighted by Crippen LogP contribution is 1.91. The summed E-state index contributed by atoms with van der Waals surface area (Å²) in [7, 11) is 0. The van der Waals surface area contributed by atoms with Crippen LogP contribution in [0, 0.1) is 0 Å². The molecule has 46 valence electrons. The van der Waals surface area contributed by atoms with E-state index in [4.69, 9.17) is 5.73 Å². The Morgan fingerprint density at radius 3 is 3.25 bits per heavy atom. The van der Waals surface area contributed by atoms with Crippen LogP contribution in [0.4, 0.5) is 0 Å². The first kappa shape index (κ1) is 5.79. The van der Waals surface area contributed by atoms with E-state index in [9.17, 15) is 0 Å². The monoisotopic (exact) mass is 112 g/mol. The van der Waals surface area contributed by atoms with Gasteiger partial charge in [-0.3, -0.25) is 0 Å². The molecule has 0 aromatic heterocycles. The Kier molecular flexibility index (Phi) is 2.06. The summed E-state index contributed by atoms with van der Waals surface area (Å²) in [4.78, 5) is 0. The smallest absolute Gasteiger partial charge is 0.0200 e. The van der Waals surface area contributed by atoms with E-state index in [1.165, 1.54) is 0 Å². The predicted molar refractivity (Wildman–Crippen MR) is 34.6 cm³/mol. The molecule has 0 aliphatic carbocycles. The van der Waals surface area contributed by atoms with Crippen LogP contribution in [-0.2, 0) is 0 Å². The Hall–Kier alpha value is -0.340. The lowest BCUT2D eigenvalue weighted by Crippen LogP contribution is -2.31. The van der Waals surface area contributed by atoms with Crippen molar-refractivity contribution < 1.29 is 0 Å². The lowest BCUT2D eigenvalue weighted by atomic mass is 10.2. The molecule has 2 nitrogen and oxygen atoms in total. The van der Waals surface area contributed by atoms with Gasteiger partial charge >= 0.3 is 0 Å². The van der Waals surface area contributed by atoms with E-state index < -0.39 is 0 Å². The van der Waals surface area contributed by atoms with E-state index in [0.717, 1.165) is 19.5 Å². The molecular weight excluding hydrogens is 100 g/mol. The summed E-state index contributed by atoms with van der Waals surface area (Å²) in [6, 6.07) is 0.328. The van der Waals surface area contributed by atoms with Crippen molar-refractivity contribution in [3.8, 4) is 0 Å². The molecule has 0 amide bonds. The van der Waals surface area contributed by atoms with Gasteiger partial charge in [0.15, 0.2) is 0 Å². The van der Waals surface area contributed by atoms with E-state index in [2.05, 4.69) is 17.5 Å². The van der Waals surface area contributed by atoms with Crippen molar-refractivity contribution in [2.24, 2.45) is 5.73 Å². The minimum absolute atomic E-state index is 0.328. The molecule has 0 aromatic rings. The summed E-state index contributed by atoms with van der Waals surface area (Å²) in [5.74, 6) is 0. The van der Waals surface area contributed by atoms with Gasteiger partial charge in [0.2, 0.25) is 0 Å². The maximum atomic E-state index is 5.62. The van der Waals surface area contributed by atoms with Crippen molar-refractivity contribution in [1.82, 2.24) is 5.32 Å². The van der Waals surface area contributed by atoms with Crippen LogP contribution in [0.15, 0.2) is 12.2 Å². The zero-order valence-corrected chi connectivity index (χ0v) is 4.93. The molecule has 0 aromatic carbocycles. The van der Waals surface area contributed by atoms with Crippen molar-refractivity contribution in [1.29, 1.82) is 0 Å². The minimum Gasteiger partial charge on any atom is -0.326 e.